The van der Waals surface area contributed by atoms with Gasteiger partial charge in [-0.1, -0.05) is 97.1 Å². The molecule has 5 aromatic carbocycles. The second-order valence-electron chi connectivity index (χ2n) is 11.9. The van der Waals surface area contributed by atoms with Crippen molar-refractivity contribution in [3.05, 3.63) is 127 Å². The van der Waals surface area contributed by atoms with Crippen LogP contribution in [0.25, 0.3) is 32.7 Å². The molecule has 1 aromatic heterocycles. The van der Waals surface area contributed by atoms with Crippen LogP contribution >= 0.6 is 0 Å². The Hall–Kier alpha value is -4.45. The Morgan fingerprint density at radius 2 is 1.24 bits per heavy atom. The maximum absolute atomic E-state index is 6.39. The number of pyridine rings is 1. The molecular formula is C37H33BN2O2. The minimum atomic E-state index is -0.554. The molecule has 7 rings (SSSR count). The molecule has 42 heavy (non-hydrogen) atoms. The molecule has 0 unspecified atom stereocenters. The molecule has 4 nitrogen and oxygen atoms in total. The summed E-state index contributed by atoms with van der Waals surface area (Å²) in [4.78, 5) is 7.44. The predicted octanol–water partition coefficient (Wildman–Crippen LogP) is 8.82. The normalized spacial score (nSPS) is 15.8. The van der Waals surface area contributed by atoms with E-state index < -0.39 is 18.3 Å². The van der Waals surface area contributed by atoms with E-state index >= 15 is 0 Å². The van der Waals surface area contributed by atoms with Gasteiger partial charge in [-0.05, 0) is 85.1 Å². The summed E-state index contributed by atoms with van der Waals surface area (Å²) in [6.07, 6.45) is 0. The van der Waals surface area contributed by atoms with Gasteiger partial charge >= 0.3 is 7.12 Å². The van der Waals surface area contributed by atoms with Crippen LogP contribution in [-0.2, 0) is 9.31 Å². The number of hydrogen-bond donors (Lipinski definition) is 0. The fourth-order valence-electron chi connectivity index (χ4n) is 5.71. The number of fused-ring (bicyclic) bond motifs is 3. The van der Waals surface area contributed by atoms with Crippen LogP contribution in [0.15, 0.2) is 127 Å². The van der Waals surface area contributed by atoms with Gasteiger partial charge in [0.05, 0.1) is 22.5 Å². The standard InChI is InChI=1S/C37H33BN2O2/c1-36(2)37(3,4)42-38(41-36)34-19-12-20-35(39-34)40(33-18-11-10-17-31(33)26-13-6-5-7-14-26)29-24-23-28-22-21-27-15-8-9-16-30(27)32(28)25-29/h5-25H,1-4H3. The lowest BCUT2D eigenvalue weighted by Crippen LogP contribution is -2.41. The second kappa shape index (κ2) is 10.1. The van der Waals surface area contributed by atoms with Gasteiger partial charge in [-0.3, -0.25) is 4.90 Å². The molecule has 1 fully saturated rings. The Labute approximate surface area is 247 Å². The summed E-state index contributed by atoms with van der Waals surface area (Å²) in [5.74, 6) is 0.796. The topological polar surface area (TPSA) is 34.6 Å². The maximum atomic E-state index is 6.39. The van der Waals surface area contributed by atoms with Crippen LogP contribution in [0.5, 0.6) is 0 Å². The summed E-state index contributed by atoms with van der Waals surface area (Å²) in [6, 6.07) is 44.7. The van der Waals surface area contributed by atoms with Crippen LogP contribution in [0.2, 0.25) is 0 Å². The monoisotopic (exact) mass is 548 g/mol. The lowest BCUT2D eigenvalue weighted by Gasteiger charge is -2.32. The fourth-order valence-corrected chi connectivity index (χ4v) is 5.71. The quantitative estimate of drug-likeness (QED) is 0.159. The summed E-state index contributed by atoms with van der Waals surface area (Å²) in [5, 5.41) is 4.86. The van der Waals surface area contributed by atoms with Crippen molar-refractivity contribution in [3.8, 4) is 11.1 Å². The van der Waals surface area contributed by atoms with Gasteiger partial charge in [0.1, 0.15) is 5.82 Å². The molecule has 2 heterocycles. The minimum absolute atomic E-state index is 0.450. The van der Waals surface area contributed by atoms with E-state index in [2.05, 4.69) is 142 Å². The molecule has 0 bridgehead atoms. The maximum Gasteiger partial charge on any atom is 0.514 e. The Bertz CT molecular complexity index is 1900. The highest BCUT2D eigenvalue weighted by molar-refractivity contribution is 6.61. The highest BCUT2D eigenvalue weighted by atomic mass is 16.7. The first-order chi connectivity index (χ1) is 20.3. The number of aromatic nitrogens is 1. The second-order valence-corrected chi connectivity index (χ2v) is 11.9. The van der Waals surface area contributed by atoms with E-state index in [1.165, 1.54) is 21.5 Å². The number of hydrogen-bond acceptors (Lipinski definition) is 4. The van der Waals surface area contributed by atoms with Gasteiger partial charge in [-0.25, -0.2) is 4.98 Å². The molecule has 0 N–H and O–H groups in total. The van der Waals surface area contributed by atoms with Crippen LogP contribution in [-0.4, -0.2) is 23.3 Å². The summed E-state index contributed by atoms with van der Waals surface area (Å²) < 4.78 is 12.8. The smallest absolute Gasteiger partial charge is 0.398 e. The van der Waals surface area contributed by atoms with Crippen LogP contribution < -0.4 is 10.5 Å². The van der Waals surface area contributed by atoms with Crippen LogP contribution in [0, 0.1) is 0 Å². The highest BCUT2D eigenvalue weighted by Gasteiger charge is 2.52. The lowest BCUT2D eigenvalue weighted by atomic mass is 9.84. The Kier molecular flexibility index (Phi) is 6.38. The summed E-state index contributed by atoms with van der Waals surface area (Å²) in [7, 11) is -0.554. The molecule has 0 spiro atoms. The molecular weight excluding hydrogens is 515 g/mol. The zero-order valence-corrected chi connectivity index (χ0v) is 24.4. The van der Waals surface area contributed by atoms with Crippen molar-refractivity contribution in [2.75, 3.05) is 4.90 Å². The molecule has 0 saturated carbocycles. The van der Waals surface area contributed by atoms with Crippen LogP contribution in [0.1, 0.15) is 27.7 Å². The number of nitrogens with zero attached hydrogens (tertiary/aromatic N) is 2. The highest BCUT2D eigenvalue weighted by Crippen LogP contribution is 2.42. The molecule has 206 valence electrons. The summed E-state index contributed by atoms with van der Waals surface area (Å²) in [5.41, 5.74) is 4.19. The van der Waals surface area contributed by atoms with E-state index in [1.807, 2.05) is 18.2 Å². The predicted molar refractivity (Wildman–Crippen MR) is 175 cm³/mol. The van der Waals surface area contributed by atoms with Crippen LogP contribution in [0.3, 0.4) is 0 Å². The Balaban J connectivity index is 1.43. The van der Waals surface area contributed by atoms with E-state index in [-0.39, 0.29) is 0 Å². The molecule has 0 amide bonds. The molecule has 1 saturated heterocycles. The first kappa shape index (κ1) is 26.5. The van der Waals surface area contributed by atoms with Gasteiger partial charge < -0.3 is 9.31 Å². The van der Waals surface area contributed by atoms with Gasteiger partial charge in [-0.2, -0.15) is 0 Å². The molecule has 0 radical (unpaired) electrons. The van der Waals surface area contributed by atoms with E-state index in [0.717, 1.165) is 33.9 Å². The van der Waals surface area contributed by atoms with Gasteiger partial charge in [0.15, 0.2) is 0 Å². The zero-order chi connectivity index (χ0) is 28.9. The average Bonchev–Trinajstić information content (AvgIpc) is 3.24. The molecule has 0 aliphatic carbocycles. The number of anilines is 3. The third-order valence-corrected chi connectivity index (χ3v) is 8.70. The first-order valence-corrected chi connectivity index (χ1v) is 14.5. The number of benzene rings is 5. The molecule has 6 aromatic rings. The van der Waals surface area contributed by atoms with Crippen molar-refractivity contribution < 1.29 is 9.31 Å². The molecule has 1 aliphatic heterocycles. The van der Waals surface area contributed by atoms with Gasteiger partial charge in [0.2, 0.25) is 0 Å². The average molecular weight is 548 g/mol. The van der Waals surface area contributed by atoms with E-state index in [9.17, 15) is 0 Å². The zero-order valence-electron chi connectivity index (χ0n) is 24.4. The van der Waals surface area contributed by atoms with Crippen LogP contribution in [0.4, 0.5) is 17.2 Å². The van der Waals surface area contributed by atoms with Gasteiger partial charge in [0, 0.05) is 11.3 Å². The van der Waals surface area contributed by atoms with Crippen molar-refractivity contribution in [1.82, 2.24) is 4.98 Å². The fraction of sp³-hybridized carbons (Fsp3) is 0.162. The van der Waals surface area contributed by atoms with Crippen molar-refractivity contribution >= 4 is 51.4 Å². The lowest BCUT2D eigenvalue weighted by molar-refractivity contribution is 0.00578. The summed E-state index contributed by atoms with van der Waals surface area (Å²) >= 11 is 0. The number of rotatable bonds is 5. The largest absolute Gasteiger partial charge is 0.514 e. The third-order valence-electron chi connectivity index (χ3n) is 8.70. The van der Waals surface area contributed by atoms with Crippen molar-refractivity contribution in [2.45, 2.75) is 38.9 Å². The summed E-state index contributed by atoms with van der Waals surface area (Å²) in [6.45, 7) is 8.27. The van der Waals surface area contributed by atoms with Crippen molar-refractivity contribution in [2.24, 2.45) is 0 Å². The van der Waals surface area contributed by atoms with E-state index in [4.69, 9.17) is 14.3 Å². The Morgan fingerprint density at radius 1 is 0.595 bits per heavy atom. The third kappa shape index (κ3) is 4.55. The molecule has 5 heteroatoms. The van der Waals surface area contributed by atoms with Gasteiger partial charge in [-0.15, -0.1) is 0 Å². The van der Waals surface area contributed by atoms with Crippen molar-refractivity contribution in [1.29, 1.82) is 0 Å². The molecule has 1 aliphatic rings. The minimum Gasteiger partial charge on any atom is -0.398 e. The van der Waals surface area contributed by atoms with E-state index in [1.54, 1.807) is 0 Å². The molecule has 0 atom stereocenters. The van der Waals surface area contributed by atoms with Gasteiger partial charge in [0.25, 0.3) is 0 Å². The first-order valence-electron chi connectivity index (χ1n) is 14.5. The number of para-hydroxylation sites is 1. The Morgan fingerprint density at radius 3 is 2.02 bits per heavy atom. The SMILES string of the molecule is CC1(C)OB(c2cccc(N(c3ccc4ccc5ccccc5c4c3)c3ccccc3-c3ccccc3)n2)OC1(C)C. The van der Waals surface area contributed by atoms with Crippen molar-refractivity contribution in [3.63, 3.8) is 0 Å². The van der Waals surface area contributed by atoms with E-state index in [0.29, 0.717) is 0 Å².